The average Bonchev–Trinajstić information content (AvgIpc) is 2.20. The minimum atomic E-state index is -0.527. The van der Waals surface area contributed by atoms with Crippen molar-refractivity contribution in [3.05, 3.63) is 0 Å². The molecule has 0 aromatic heterocycles. The van der Waals surface area contributed by atoms with E-state index in [4.69, 9.17) is 18.0 Å². The number of nitrogens with two attached hydrogens (primary N) is 1. The molecule has 0 aromatic carbocycles. The number of thiocarbonyl (C=S) groups is 1. The average molecular weight is 258 g/mol. The zero-order valence-corrected chi connectivity index (χ0v) is 11.6. The molecule has 4 N–H and O–H groups in total. The third-order valence-electron chi connectivity index (χ3n) is 3.08. The number of rotatable bonds is 3. The Morgan fingerprint density at radius 2 is 1.94 bits per heavy atom. The van der Waals surface area contributed by atoms with Crippen molar-refractivity contribution in [2.24, 2.45) is 5.73 Å². The van der Waals surface area contributed by atoms with E-state index in [1.54, 1.807) is 0 Å². The van der Waals surface area contributed by atoms with Gasteiger partial charge < -0.3 is 21.3 Å². The smallest absolute Gasteiger partial charge is 0.315 e. The molecule has 1 fully saturated rings. The van der Waals surface area contributed by atoms with Gasteiger partial charge in [0.25, 0.3) is 0 Å². The number of carbonyl (C=O) groups excluding carboxylic acids is 1. The fourth-order valence-corrected chi connectivity index (χ4v) is 2.20. The van der Waals surface area contributed by atoms with Crippen LogP contribution in [0, 0.1) is 0 Å². The summed E-state index contributed by atoms with van der Waals surface area (Å²) in [5.41, 5.74) is 5.27. The summed E-state index contributed by atoms with van der Waals surface area (Å²) in [6, 6.07) is -0.0954. The Hall–Kier alpha value is -0.880. The number of likely N-dealkylation sites (tertiary alicyclic amines) is 1. The van der Waals surface area contributed by atoms with Crippen molar-refractivity contribution in [1.82, 2.24) is 15.5 Å². The number of hydrogen-bond acceptors (Lipinski definition) is 3. The quantitative estimate of drug-likeness (QED) is 0.643. The van der Waals surface area contributed by atoms with Crippen LogP contribution >= 0.6 is 12.2 Å². The maximum absolute atomic E-state index is 11.8. The van der Waals surface area contributed by atoms with Gasteiger partial charge >= 0.3 is 6.03 Å². The van der Waals surface area contributed by atoms with Crippen LogP contribution in [0.4, 0.5) is 4.79 Å². The van der Waals surface area contributed by atoms with Crippen molar-refractivity contribution < 1.29 is 4.79 Å². The van der Waals surface area contributed by atoms with Gasteiger partial charge in [0.15, 0.2) is 0 Å². The van der Waals surface area contributed by atoms with Crippen LogP contribution in [0.3, 0.4) is 0 Å². The van der Waals surface area contributed by atoms with Crippen LogP contribution in [0.1, 0.15) is 26.7 Å². The molecule has 1 heterocycles. The molecule has 17 heavy (non-hydrogen) atoms. The lowest BCUT2D eigenvalue weighted by molar-refractivity contribution is 0.192. The highest BCUT2D eigenvalue weighted by Gasteiger charge is 2.37. The summed E-state index contributed by atoms with van der Waals surface area (Å²) in [6.45, 7) is 5.61. The minimum absolute atomic E-state index is 0.102. The number of carbonyl (C=O) groups is 1. The molecule has 0 unspecified atom stereocenters. The van der Waals surface area contributed by atoms with E-state index >= 15 is 0 Å². The summed E-state index contributed by atoms with van der Waals surface area (Å²) in [4.78, 5) is 14.3. The molecule has 2 amide bonds. The maximum atomic E-state index is 11.8. The van der Waals surface area contributed by atoms with E-state index in [0.717, 1.165) is 25.9 Å². The molecule has 0 radical (unpaired) electrons. The second-order valence-corrected chi connectivity index (χ2v) is 5.44. The van der Waals surface area contributed by atoms with Gasteiger partial charge in [0.2, 0.25) is 0 Å². The monoisotopic (exact) mass is 258 g/mol. The largest absolute Gasteiger partial charge is 0.391 e. The van der Waals surface area contributed by atoms with Gasteiger partial charge in [-0.05, 0) is 33.7 Å². The third kappa shape index (κ3) is 3.81. The van der Waals surface area contributed by atoms with Crippen LogP contribution in [0.5, 0.6) is 0 Å². The summed E-state index contributed by atoms with van der Waals surface area (Å²) in [6.07, 6.45) is 1.54. The number of nitrogens with one attached hydrogen (secondary N) is 2. The molecular formula is C11H22N4OS. The summed E-state index contributed by atoms with van der Waals surface area (Å²) >= 11 is 5.12. The molecule has 0 saturated carbocycles. The van der Waals surface area contributed by atoms with E-state index < -0.39 is 5.54 Å². The fraction of sp³-hybridized carbons (Fsp3) is 0.818. The highest BCUT2D eigenvalue weighted by atomic mass is 32.1. The van der Waals surface area contributed by atoms with Crippen molar-refractivity contribution in [2.45, 2.75) is 38.3 Å². The van der Waals surface area contributed by atoms with Crippen molar-refractivity contribution in [3.8, 4) is 0 Å². The van der Waals surface area contributed by atoms with Crippen LogP contribution in [-0.2, 0) is 0 Å². The molecule has 1 saturated heterocycles. The Labute approximate surface area is 108 Å². The first-order chi connectivity index (χ1) is 7.85. The van der Waals surface area contributed by atoms with Crippen molar-refractivity contribution in [3.63, 3.8) is 0 Å². The molecule has 1 rings (SSSR count). The number of hydrogen-bond donors (Lipinski definition) is 3. The first-order valence-corrected chi connectivity index (χ1v) is 6.34. The molecule has 1 aliphatic heterocycles. The molecule has 1 aliphatic rings. The Morgan fingerprint density at radius 1 is 1.41 bits per heavy atom. The SMILES string of the molecule is CC(C)NC(=O)NC1(C(N)=S)CCN(C)CC1. The lowest BCUT2D eigenvalue weighted by Crippen LogP contribution is -2.63. The standard InChI is InChI=1S/C11H22N4OS/c1-8(2)13-10(16)14-11(9(12)17)4-6-15(3)7-5-11/h8H,4-7H2,1-3H3,(H2,12,17)(H2,13,14,16). The molecular weight excluding hydrogens is 236 g/mol. The highest BCUT2D eigenvalue weighted by Crippen LogP contribution is 2.22. The predicted molar refractivity (Wildman–Crippen MR) is 73.1 cm³/mol. The lowest BCUT2D eigenvalue weighted by atomic mass is 9.87. The molecule has 0 aliphatic carbocycles. The first kappa shape index (κ1) is 14.2. The summed E-state index contributed by atoms with van der Waals surface area (Å²) in [5.74, 6) is 0. The maximum Gasteiger partial charge on any atom is 0.315 e. The van der Waals surface area contributed by atoms with Crippen LogP contribution < -0.4 is 16.4 Å². The van der Waals surface area contributed by atoms with Crippen LogP contribution in [-0.4, -0.2) is 47.6 Å². The van der Waals surface area contributed by atoms with E-state index in [0.29, 0.717) is 4.99 Å². The van der Waals surface area contributed by atoms with Gasteiger partial charge in [-0.2, -0.15) is 0 Å². The lowest BCUT2D eigenvalue weighted by Gasteiger charge is -2.40. The third-order valence-corrected chi connectivity index (χ3v) is 3.48. The van der Waals surface area contributed by atoms with Crippen LogP contribution in [0.15, 0.2) is 0 Å². The molecule has 0 atom stereocenters. The predicted octanol–water partition coefficient (Wildman–Crippen LogP) is 0.445. The van der Waals surface area contributed by atoms with Crippen molar-refractivity contribution >= 4 is 23.2 Å². The minimum Gasteiger partial charge on any atom is -0.391 e. The van der Waals surface area contributed by atoms with Crippen molar-refractivity contribution in [1.29, 1.82) is 0 Å². The van der Waals surface area contributed by atoms with E-state index in [9.17, 15) is 4.79 Å². The van der Waals surface area contributed by atoms with Gasteiger partial charge in [0.05, 0.1) is 10.5 Å². The molecule has 6 heteroatoms. The molecule has 0 bridgehead atoms. The normalized spacial score (nSPS) is 20.0. The summed E-state index contributed by atoms with van der Waals surface area (Å²) < 4.78 is 0. The van der Waals surface area contributed by atoms with Gasteiger partial charge in [-0.25, -0.2) is 4.79 Å². The van der Waals surface area contributed by atoms with Gasteiger partial charge in [-0.1, -0.05) is 12.2 Å². The zero-order chi connectivity index (χ0) is 13.1. The van der Waals surface area contributed by atoms with E-state index in [-0.39, 0.29) is 12.1 Å². The Kier molecular flexibility index (Phi) is 4.70. The Morgan fingerprint density at radius 3 is 2.35 bits per heavy atom. The number of nitrogens with zero attached hydrogens (tertiary/aromatic N) is 1. The van der Waals surface area contributed by atoms with Gasteiger partial charge in [-0.15, -0.1) is 0 Å². The Bertz CT molecular complexity index is 298. The molecule has 98 valence electrons. The molecule has 5 nitrogen and oxygen atoms in total. The van der Waals surface area contributed by atoms with E-state index in [2.05, 4.69) is 22.6 Å². The van der Waals surface area contributed by atoms with Crippen LogP contribution in [0.2, 0.25) is 0 Å². The zero-order valence-electron chi connectivity index (χ0n) is 10.7. The topological polar surface area (TPSA) is 70.4 Å². The second-order valence-electron chi connectivity index (χ2n) is 5.00. The summed E-state index contributed by atoms with van der Waals surface area (Å²) in [7, 11) is 2.05. The van der Waals surface area contributed by atoms with E-state index in [1.807, 2.05) is 13.8 Å². The van der Waals surface area contributed by atoms with Gasteiger partial charge in [0.1, 0.15) is 0 Å². The number of piperidine rings is 1. The van der Waals surface area contributed by atoms with Crippen molar-refractivity contribution in [2.75, 3.05) is 20.1 Å². The molecule has 0 aromatic rings. The van der Waals surface area contributed by atoms with Gasteiger partial charge in [0, 0.05) is 19.1 Å². The molecule has 0 spiro atoms. The highest BCUT2D eigenvalue weighted by molar-refractivity contribution is 7.80. The fourth-order valence-electron chi connectivity index (χ4n) is 1.95. The van der Waals surface area contributed by atoms with Gasteiger partial charge in [-0.3, -0.25) is 0 Å². The summed E-state index contributed by atoms with van der Waals surface area (Å²) in [5, 5.41) is 5.74. The first-order valence-electron chi connectivity index (χ1n) is 5.93. The second kappa shape index (κ2) is 5.64. The number of urea groups is 1. The van der Waals surface area contributed by atoms with Crippen LogP contribution in [0.25, 0.3) is 0 Å². The Balaban J connectivity index is 2.66. The number of amides is 2. The van der Waals surface area contributed by atoms with E-state index in [1.165, 1.54) is 0 Å².